The van der Waals surface area contributed by atoms with Gasteiger partial charge in [0.25, 0.3) is 11.8 Å². The molecule has 0 radical (unpaired) electrons. The van der Waals surface area contributed by atoms with E-state index in [0.717, 1.165) is 0 Å². The van der Waals surface area contributed by atoms with Crippen LogP contribution in [0.15, 0.2) is 18.2 Å². The molecular weight excluding hydrogens is 302 g/mol. The minimum absolute atomic E-state index is 0.0238. The minimum atomic E-state index is -0.393. The minimum Gasteiger partial charge on any atom is -0.482 e. The van der Waals surface area contributed by atoms with Crippen LogP contribution in [0.2, 0.25) is 0 Å². The number of hydrogen-bond donors (Lipinski definition) is 2. The molecule has 2 N–H and O–H groups in total. The van der Waals surface area contributed by atoms with Gasteiger partial charge in [-0.3, -0.25) is 9.59 Å². The van der Waals surface area contributed by atoms with Crippen molar-refractivity contribution >= 4 is 23.6 Å². The normalized spacial score (nSPS) is 19.4. The van der Waals surface area contributed by atoms with Gasteiger partial charge in [-0.25, -0.2) is 4.79 Å². The molecule has 0 unspecified atom stereocenters. The summed E-state index contributed by atoms with van der Waals surface area (Å²) in [5, 5.41) is 5.55. The first kappa shape index (κ1) is 15.1. The summed E-state index contributed by atoms with van der Waals surface area (Å²) < 4.78 is 9.92. The number of nitrogens with one attached hydrogen (secondary N) is 2. The lowest BCUT2D eigenvalue weighted by atomic mass is 10.1. The molecular formula is C15H17N3O5. The fourth-order valence-electron chi connectivity index (χ4n) is 2.67. The predicted octanol–water partition coefficient (Wildman–Crippen LogP) is 0.588. The Kier molecular flexibility index (Phi) is 4.05. The van der Waals surface area contributed by atoms with E-state index in [1.807, 2.05) is 0 Å². The van der Waals surface area contributed by atoms with Crippen molar-refractivity contribution in [2.75, 3.05) is 32.1 Å². The summed E-state index contributed by atoms with van der Waals surface area (Å²) in [6.07, 6.45) is 0.279. The van der Waals surface area contributed by atoms with Gasteiger partial charge in [-0.05, 0) is 24.6 Å². The van der Waals surface area contributed by atoms with Gasteiger partial charge in [-0.2, -0.15) is 0 Å². The molecule has 2 aliphatic heterocycles. The molecule has 0 aliphatic carbocycles. The van der Waals surface area contributed by atoms with Gasteiger partial charge in [-0.1, -0.05) is 0 Å². The molecule has 0 spiro atoms. The van der Waals surface area contributed by atoms with Crippen LogP contribution in [0, 0.1) is 0 Å². The molecule has 0 aromatic heterocycles. The molecule has 2 heterocycles. The number of carbonyl (C=O) groups excluding carboxylic acids is 3. The van der Waals surface area contributed by atoms with E-state index >= 15 is 0 Å². The second-order valence-electron chi connectivity index (χ2n) is 5.42. The zero-order valence-electron chi connectivity index (χ0n) is 12.6. The van der Waals surface area contributed by atoms with Crippen molar-refractivity contribution in [1.29, 1.82) is 0 Å². The lowest BCUT2D eigenvalue weighted by molar-refractivity contribution is -0.118. The summed E-state index contributed by atoms with van der Waals surface area (Å²) >= 11 is 0. The number of carbonyl (C=O) groups is 3. The molecule has 0 bridgehead atoms. The monoisotopic (exact) mass is 319 g/mol. The highest BCUT2D eigenvalue weighted by Crippen LogP contribution is 2.28. The summed E-state index contributed by atoms with van der Waals surface area (Å²) in [6.45, 7) is 0.943. The molecule has 122 valence electrons. The molecule has 0 saturated carbocycles. The number of nitrogens with zero attached hydrogens (tertiary/aromatic N) is 1. The van der Waals surface area contributed by atoms with E-state index in [2.05, 4.69) is 15.4 Å². The van der Waals surface area contributed by atoms with Crippen LogP contribution in [0.1, 0.15) is 16.8 Å². The van der Waals surface area contributed by atoms with Gasteiger partial charge in [0, 0.05) is 24.7 Å². The van der Waals surface area contributed by atoms with Crippen LogP contribution in [-0.2, 0) is 9.53 Å². The van der Waals surface area contributed by atoms with E-state index in [1.54, 1.807) is 23.1 Å². The fraction of sp³-hybridized carbons (Fsp3) is 0.400. The molecule has 1 saturated heterocycles. The maximum absolute atomic E-state index is 12.3. The molecule has 3 rings (SSSR count). The number of benzene rings is 1. The van der Waals surface area contributed by atoms with Gasteiger partial charge >= 0.3 is 6.09 Å². The molecule has 8 heteroatoms. The Bertz CT molecular complexity index is 661. The van der Waals surface area contributed by atoms with Gasteiger partial charge in [0.15, 0.2) is 6.61 Å². The van der Waals surface area contributed by atoms with E-state index in [-0.39, 0.29) is 24.5 Å². The Morgan fingerprint density at radius 1 is 1.43 bits per heavy atom. The first-order valence-electron chi connectivity index (χ1n) is 7.27. The van der Waals surface area contributed by atoms with E-state index < -0.39 is 6.09 Å². The van der Waals surface area contributed by atoms with Gasteiger partial charge in [-0.15, -0.1) is 0 Å². The first-order chi connectivity index (χ1) is 11.1. The van der Waals surface area contributed by atoms with Crippen molar-refractivity contribution in [2.45, 2.75) is 12.5 Å². The quantitative estimate of drug-likeness (QED) is 0.831. The first-order valence-corrected chi connectivity index (χ1v) is 7.27. The van der Waals surface area contributed by atoms with Crippen LogP contribution in [0.3, 0.4) is 0 Å². The Balaban J connectivity index is 1.64. The highest BCUT2D eigenvalue weighted by atomic mass is 16.5. The highest BCUT2D eigenvalue weighted by Gasteiger charge is 2.28. The number of methoxy groups -OCH3 is 1. The SMILES string of the molecule is COC(=O)N1CC[C@H](NC(=O)c2ccc3c(c2)NC(=O)CO3)C1. The molecule has 23 heavy (non-hydrogen) atoms. The van der Waals surface area contributed by atoms with E-state index in [1.165, 1.54) is 7.11 Å². The second-order valence-corrected chi connectivity index (χ2v) is 5.42. The van der Waals surface area contributed by atoms with E-state index in [4.69, 9.17) is 4.74 Å². The van der Waals surface area contributed by atoms with Gasteiger partial charge in [0.2, 0.25) is 0 Å². The lowest BCUT2D eigenvalue weighted by Gasteiger charge is -2.19. The average Bonchev–Trinajstić information content (AvgIpc) is 3.01. The van der Waals surface area contributed by atoms with Crippen molar-refractivity contribution in [3.63, 3.8) is 0 Å². The maximum Gasteiger partial charge on any atom is 0.409 e. The lowest BCUT2D eigenvalue weighted by Crippen LogP contribution is -2.38. The summed E-state index contributed by atoms with van der Waals surface area (Å²) in [5.41, 5.74) is 0.905. The van der Waals surface area contributed by atoms with Crippen molar-refractivity contribution in [3.05, 3.63) is 23.8 Å². The number of likely N-dealkylation sites (tertiary alicyclic amines) is 1. The highest BCUT2D eigenvalue weighted by molar-refractivity contribution is 6.00. The predicted molar refractivity (Wildman–Crippen MR) is 80.4 cm³/mol. The zero-order chi connectivity index (χ0) is 16.4. The average molecular weight is 319 g/mol. The standard InChI is InChI=1S/C15H17N3O5/c1-22-15(21)18-5-4-10(7-18)16-14(20)9-2-3-12-11(6-9)17-13(19)8-23-12/h2-3,6,10H,4-5,7-8H2,1H3,(H,16,20)(H,17,19)/t10-/m0/s1. The summed E-state index contributed by atoms with van der Waals surface area (Å²) in [7, 11) is 1.33. The number of rotatable bonds is 2. The summed E-state index contributed by atoms with van der Waals surface area (Å²) in [5.74, 6) is 0.0304. The second kappa shape index (κ2) is 6.15. The van der Waals surface area contributed by atoms with Crippen molar-refractivity contribution < 1.29 is 23.9 Å². The maximum atomic E-state index is 12.3. The summed E-state index contributed by atoms with van der Waals surface area (Å²) in [4.78, 5) is 36.6. The smallest absolute Gasteiger partial charge is 0.409 e. The van der Waals surface area contributed by atoms with Crippen LogP contribution in [0.4, 0.5) is 10.5 Å². The van der Waals surface area contributed by atoms with Crippen molar-refractivity contribution in [1.82, 2.24) is 10.2 Å². The Labute approximate surface area is 132 Å². The number of ether oxygens (including phenoxy) is 2. The molecule has 2 aliphatic rings. The van der Waals surface area contributed by atoms with Crippen LogP contribution in [-0.4, -0.2) is 55.7 Å². The van der Waals surface area contributed by atoms with Crippen LogP contribution < -0.4 is 15.4 Å². The number of hydrogen-bond acceptors (Lipinski definition) is 5. The Hall–Kier alpha value is -2.77. The zero-order valence-corrected chi connectivity index (χ0v) is 12.6. The third-order valence-electron chi connectivity index (χ3n) is 3.83. The van der Waals surface area contributed by atoms with Crippen molar-refractivity contribution in [2.24, 2.45) is 0 Å². The fourth-order valence-corrected chi connectivity index (χ4v) is 2.67. The molecule has 1 aromatic rings. The third kappa shape index (κ3) is 3.20. The van der Waals surface area contributed by atoms with Crippen molar-refractivity contribution in [3.8, 4) is 5.75 Å². The Morgan fingerprint density at radius 2 is 2.26 bits per heavy atom. The van der Waals surface area contributed by atoms with E-state index in [0.29, 0.717) is 36.5 Å². The largest absolute Gasteiger partial charge is 0.482 e. The topological polar surface area (TPSA) is 97.0 Å². The van der Waals surface area contributed by atoms with Gasteiger partial charge in [0.1, 0.15) is 5.75 Å². The Morgan fingerprint density at radius 3 is 3.04 bits per heavy atom. The van der Waals surface area contributed by atoms with Crippen LogP contribution in [0.25, 0.3) is 0 Å². The van der Waals surface area contributed by atoms with Crippen LogP contribution in [0.5, 0.6) is 5.75 Å². The number of anilines is 1. The van der Waals surface area contributed by atoms with E-state index in [9.17, 15) is 14.4 Å². The van der Waals surface area contributed by atoms with Gasteiger partial charge in [0.05, 0.1) is 12.8 Å². The third-order valence-corrected chi connectivity index (χ3v) is 3.83. The molecule has 8 nitrogen and oxygen atoms in total. The number of fused-ring (bicyclic) bond motifs is 1. The van der Waals surface area contributed by atoms with Gasteiger partial charge < -0.3 is 25.0 Å². The molecule has 1 fully saturated rings. The summed E-state index contributed by atoms with van der Waals surface area (Å²) in [6, 6.07) is 4.75. The number of amides is 3. The van der Waals surface area contributed by atoms with Crippen LogP contribution >= 0.6 is 0 Å². The molecule has 1 aromatic carbocycles. The molecule has 1 atom stereocenters. The molecule has 3 amide bonds.